The Bertz CT molecular complexity index is 513. The molecule has 0 amide bonds. The largest absolute Gasteiger partial charge is 0.488 e. The van der Waals surface area contributed by atoms with E-state index in [9.17, 15) is 4.79 Å². The molecule has 2 aromatic heterocycles. The number of aryl methyl sites for hydroxylation is 1. The number of rotatable bonds is 5. The molecule has 94 valence electrons. The monoisotopic (exact) mass is 264 g/mol. The van der Waals surface area contributed by atoms with Crippen LogP contribution in [-0.2, 0) is 4.74 Å². The van der Waals surface area contributed by atoms with E-state index in [1.165, 1.54) is 17.5 Å². The number of carbonyl (C=O) groups is 1. The molecular formula is C12H12N2O3S. The van der Waals surface area contributed by atoms with Gasteiger partial charge in [-0.2, -0.15) is 0 Å². The molecule has 0 N–H and O–H groups in total. The van der Waals surface area contributed by atoms with Gasteiger partial charge in [-0.25, -0.2) is 9.78 Å². The van der Waals surface area contributed by atoms with Crippen molar-refractivity contribution in [1.29, 1.82) is 0 Å². The highest BCUT2D eigenvalue weighted by Crippen LogP contribution is 2.12. The Kier molecular flexibility index (Phi) is 4.25. The molecule has 0 saturated carbocycles. The summed E-state index contributed by atoms with van der Waals surface area (Å²) < 4.78 is 10.4. The van der Waals surface area contributed by atoms with Crippen LogP contribution in [0.2, 0.25) is 0 Å². The predicted octanol–water partition coefficient (Wildman–Crippen LogP) is 2.08. The molecule has 2 rings (SSSR count). The van der Waals surface area contributed by atoms with E-state index in [4.69, 9.17) is 9.47 Å². The van der Waals surface area contributed by atoms with Crippen LogP contribution < -0.4 is 4.74 Å². The van der Waals surface area contributed by atoms with Crippen molar-refractivity contribution in [3.05, 3.63) is 40.6 Å². The Morgan fingerprint density at radius 2 is 2.28 bits per heavy atom. The molecule has 0 unspecified atom stereocenters. The van der Waals surface area contributed by atoms with Gasteiger partial charge in [-0.1, -0.05) is 0 Å². The van der Waals surface area contributed by atoms with Crippen molar-refractivity contribution in [2.45, 2.75) is 6.92 Å². The quantitative estimate of drug-likeness (QED) is 0.611. The lowest BCUT2D eigenvalue weighted by Crippen LogP contribution is -2.11. The van der Waals surface area contributed by atoms with E-state index < -0.39 is 0 Å². The van der Waals surface area contributed by atoms with Crippen LogP contribution in [0.25, 0.3) is 0 Å². The van der Waals surface area contributed by atoms with Crippen molar-refractivity contribution >= 4 is 17.3 Å². The Morgan fingerprint density at radius 3 is 2.94 bits per heavy atom. The number of ether oxygens (including phenoxy) is 2. The van der Waals surface area contributed by atoms with Gasteiger partial charge < -0.3 is 9.47 Å². The van der Waals surface area contributed by atoms with Crippen molar-refractivity contribution in [3.8, 4) is 5.75 Å². The molecule has 5 nitrogen and oxygen atoms in total. The van der Waals surface area contributed by atoms with Crippen LogP contribution in [0.5, 0.6) is 5.75 Å². The number of carbonyl (C=O) groups excluding carboxylic acids is 1. The van der Waals surface area contributed by atoms with E-state index in [1.807, 2.05) is 6.92 Å². The molecule has 0 saturated heterocycles. The first-order chi connectivity index (χ1) is 8.75. The van der Waals surface area contributed by atoms with E-state index >= 15 is 0 Å². The van der Waals surface area contributed by atoms with E-state index in [0.29, 0.717) is 17.2 Å². The number of nitrogens with zero attached hydrogens (tertiary/aromatic N) is 2. The third kappa shape index (κ3) is 3.53. The van der Waals surface area contributed by atoms with Crippen LogP contribution in [0.4, 0.5) is 0 Å². The lowest BCUT2D eigenvalue weighted by Gasteiger charge is -2.05. The predicted molar refractivity (Wildman–Crippen MR) is 66.9 cm³/mol. The highest BCUT2D eigenvalue weighted by Gasteiger charge is 2.10. The Morgan fingerprint density at radius 1 is 1.39 bits per heavy atom. The molecule has 2 aromatic rings. The van der Waals surface area contributed by atoms with Crippen LogP contribution in [-0.4, -0.2) is 29.2 Å². The maximum Gasteiger partial charge on any atom is 0.350 e. The summed E-state index contributed by atoms with van der Waals surface area (Å²) in [6.45, 7) is 2.34. The van der Waals surface area contributed by atoms with Crippen molar-refractivity contribution in [2.75, 3.05) is 13.2 Å². The van der Waals surface area contributed by atoms with Gasteiger partial charge in [-0.05, 0) is 19.1 Å². The van der Waals surface area contributed by atoms with Gasteiger partial charge in [0.25, 0.3) is 0 Å². The summed E-state index contributed by atoms with van der Waals surface area (Å²) in [5.41, 5.74) is 0. The van der Waals surface area contributed by atoms with Crippen molar-refractivity contribution in [2.24, 2.45) is 0 Å². The van der Waals surface area contributed by atoms with Gasteiger partial charge in [0.15, 0.2) is 0 Å². The maximum absolute atomic E-state index is 11.5. The molecule has 0 radical (unpaired) electrons. The lowest BCUT2D eigenvalue weighted by molar-refractivity contribution is 0.0455. The summed E-state index contributed by atoms with van der Waals surface area (Å²) in [6.07, 6.45) is 4.79. The van der Waals surface area contributed by atoms with E-state index in [-0.39, 0.29) is 12.6 Å². The third-order valence-electron chi connectivity index (χ3n) is 2.04. The van der Waals surface area contributed by atoms with E-state index in [0.717, 1.165) is 5.01 Å². The van der Waals surface area contributed by atoms with Crippen LogP contribution in [0.3, 0.4) is 0 Å². The summed E-state index contributed by atoms with van der Waals surface area (Å²) in [7, 11) is 0. The number of pyridine rings is 1. The van der Waals surface area contributed by atoms with Crippen LogP contribution in [0.1, 0.15) is 14.7 Å². The SMILES string of the molecule is Cc1ncc(C(=O)OCCOc2cccnc2)s1. The first-order valence-corrected chi connectivity index (χ1v) is 6.20. The first-order valence-electron chi connectivity index (χ1n) is 5.38. The summed E-state index contributed by atoms with van der Waals surface area (Å²) in [4.78, 5) is 20.0. The molecule has 0 spiro atoms. The van der Waals surface area contributed by atoms with Crippen molar-refractivity contribution < 1.29 is 14.3 Å². The van der Waals surface area contributed by atoms with Crippen LogP contribution in [0.15, 0.2) is 30.7 Å². The summed E-state index contributed by atoms with van der Waals surface area (Å²) in [6, 6.07) is 3.57. The van der Waals surface area contributed by atoms with Gasteiger partial charge >= 0.3 is 5.97 Å². The number of hydrogen-bond donors (Lipinski definition) is 0. The fourth-order valence-corrected chi connectivity index (χ4v) is 1.92. The zero-order valence-electron chi connectivity index (χ0n) is 9.83. The smallest absolute Gasteiger partial charge is 0.350 e. The second kappa shape index (κ2) is 6.11. The van der Waals surface area contributed by atoms with Gasteiger partial charge in [0.05, 0.1) is 17.4 Å². The van der Waals surface area contributed by atoms with Gasteiger partial charge in [-0.3, -0.25) is 4.98 Å². The minimum absolute atomic E-state index is 0.199. The molecule has 0 fully saturated rings. The number of esters is 1. The molecule has 0 aliphatic heterocycles. The molecule has 6 heteroatoms. The standard InChI is InChI=1S/C12H12N2O3S/c1-9-14-8-11(18-9)12(15)17-6-5-16-10-3-2-4-13-7-10/h2-4,7-8H,5-6H2,1H3. The summed E-state index contributed by atoms with van der Waals surface area (Å²) in [5.74, 6) is 0.289. The normalized spacial score (nSPS) is 10.1. The molecular weight excluding hydrogens is 252 g/mol. The fraction of sp³-hybridized carbons (Fsp3) is 0.250. The first kappa shape index (κ1) is 12.5. The average Bonchev–Trinajstić information content (AvgIpc) is 2.82. The minimum atomic E-state index is -0.365. The van der Waals surface area contributed by atoms with Crippen LogP contribution >= 0.6 is 11.3 Å². The Balaban J connectivity index is 1.71. The Labute approximate surface area is 108 Å². The number of aromatic nitrogens is 2. The van der Waals surface area contributed by atoms with Crippen molar-refractivity contribution in [3.63, 3.8) is 0 Å². The van der Waals surface area contributed by atoms with Gasteiger partial charge in [-0.15, -0.1) is 11.3 Å². The summed E-state index contributed by atoms with van der Waals surface area (Å²) >= 11 is 1.31. The lowest BCUT2D eigenvalue weighted by atomic mass is 10.5. The number of hydrogen-bond acceptors (Lipinski definition) is 6. The summed E-state index contributed by atoms with van der Waals surface area (Å²) in [5, 5.41) is 0.841. The van der Waals surface area contributed by atoms with Crippen molar-refractivity contribution in [1.82, 2.24) is 9.97 Å². The second-order valence-corrected chi connectivity index (χ2v) is 4.65. The minimum Gasteiger partial charge on any atom is -0.488 e. The molecule has 2 heterocycles. The average molecular weight is 264 g/mol. The topological polar surface area (TPSA) is 61.3 Å². The molecule has 0 bridgehead atoms. The maximum atomic E-state index is 11.5. The van der Waals surface area contributed by atoms with E-state index in [1.54, 1.807) is 24.5 Å². The molecule has 0 aliphatic rings. The van der Waals surface area contributed by atoms with Crippen LogP contribution in [0, 0.1) is 6.92 Å². The molecule has 0 aliphatic carbocycles. The fourth-order valence-electron chi connectivity index (χ4n) is 1.25. The zero-order valence-corrected chi connectivity index (χ0v) is 10.6. The van der Waals surface area contributed by atoms with Gasteiger partial charge in [0.1, 0.15) is 23.8 Å². The van der Waals surface area contributed by atoms with Gasteiger partial charge in [0.2, 0.25) is 0 Å². The van der Waals surface area contributed by atoms with Gasteiger partial charge in [0, 0.05) is 6.20 Å². The zero-order chi connectivity index (χ0) is 12.8. The molecule has 18 heavy (non-hydrogen) atoms. The third-order valence-corrected chi connectivity index (χ3v) is 2.93. The highest BCUT2D eigenvalue weighted by atomic mass is 32.1. The highest BCUT2D eigenvalue weighted by molar-refractivity contribution is 7.13. The second-order valence-electron chi connectivity index (χ2n) is 3.42. The van der Waals surface area contributed by atoms with E-state index in [2.05, 4.69) is 9.97 Å². The molecule has 0 atom stereocenters. The number of thiazole rings is 1. The Hall–Kier alpha value is -1.95. The molecule has 0 aromatic carbocycles.